The zero-order valence-corrected chi connectivity index (χ0v) is 15.2. The summed E-state index contributed by atoms with van der Waals surface area (Å²) in [7, 11) is 1.57. The maximum absolute atomic E-state index is 12.0. The van der Waals surface area contributed by atoms with Crippen molar-refractivity contribution in [2.75, 3.05) is 13.7 Å². The van der Waals surface area contributed by atoms with Gasteiger partial charge in [-0.2, -0.15) is 0 Å². The maximum Gasteiger partial charge on any atom is 0.331 e. The summed E-state index contributed by atoms with van der Waals surface area (Å²) in [4.78, 5) is 23.8. The molecule has 1 aromatic carbocycles. The molecule has 0 spiro atoms. The van der Waals surface area contributed by atoms with E-state index in [1.54, 1.807) is 13.2 Å². The fourth-order valence-corrected chi connectivity index (χ4v) is 3.18. The molecule has 0 radical (unpaired) electrons. The van der Waals surface area contributed by atoms with E-state index in [1.807, 2.05) is 24.3 Å². The Morgan fingerprint density at radius 1 is 1.24 bits per heavy atom. The Kier molecular flexibility index (Phi) is 7.04. The summed E-state index contributed by atoms with van der Waals surface area (Å²) >= 11 is 0. The summed E-state index contributed by atoms with van der Waals surface area (Å²) in [6.07, 6.45) is 6.23. The standard InChI is InChI=1S/C20H27NO4/c1-14-7-6-9-17(15(14)2)21-19(22)13-25-20(23)12-11-16-8-4-5-10-18(16)24-3/h4-5,8,10-12,14-15,17H,6-7,9,13H2,1-3H3,(H,21,22)/b12-11+/t14-,15-,17+/m1/s1. The van der Waals surface area contributed by atoms with Gasteiger partial charge >= 0.3 is 5.97 Å². The number of para-hydroxylation sites is 1. The van der Waals surface area contributed by atoms with Crippen LogP contribution in [0.1, 0.15) is 38.7 Å². The van der Waals surface area contributed by atoms with Gasteiger partial charge in [0, 0.05) is 17.7 Å². The van der Waals surface area contributed by atoms with Gasteiger partial charge in [0.1, 0.15) is 5.75 Å². The molecule has 5 heteroatoms. The summed E-state index contributed by atoms with van der Waals surface area (Å²) in [5.41, 5.74) is 0.774. The maximum atomic E-state index is 12.0. The highest BCUT2D eigenvalue weighted by molar-refractivity contribution is 5.89. The number of ether oxygens (including phenoxy) is 2. The molecule has 1 N–H and O–H groups in total. The molecule has 0 saturated heterocycles. The molecule has 5 nitrogen and oxygen atoms in total. The number of hydrogen-bond donors (Lipinski definition) is 1. The van der Waals surface area contributed by atoms with E-state index in [1.165, 1.54) is 12.5 Å². The molecule has 136 valence electrons. The van der Waals surface area contributed by atoms with E-state index in [2.05, 4.69) is 19.2 Å². The number of amides is 1. The average molecular weight is 345 g/mol. The number of esters is 1. The van der Waals surface area contributed by atoms with Crippen molar-refractivity contribution >= 4 is 18.0 Å². The summed E-state index contributed by atoms with van der Waals surface area (Å²) in [6.45, 7) is 4.12. The third-order valence-corrected chi connectivity index (χ3v) is 4.94. The molecule has 1 aliphatic rings. The average Bonchev–Trinajstić information content (AvgIpc) is 2.62. The molecule has 0 bridgehead atoms. The summed E-state index contributed by atoms with van der Waals surface area (Å²) in [5.74, 6) is 0.921. The van der Waals surface area contributed by atoms with E-state index in [-0.39, 0.29) is 18.6 Å². The van der Waals surface area contributed by atoms with Crippen LogP contribution in [0.3, 0.4) is 0 Å². The van der Waals surface area contributed by atoms with Gasteiger partial charge in [-0.1, -0.05) is 44.9 Å². The van der Waals surface area contributed by atoms with Crippen LogP contribution in [0.4, 0.5) is 0 Å². The first-order valence-electron chi connectivity index (χ1n) is 8.78. The summed E-state index contributed by atoms with van der Waals surface area (Å²) in [6, 6.07) is 7.52. The molecule has 0 heterocycles. The molecular weight excluding hydrogens is 318 g/mol. The number of methoxy groups -OCH3 is 1. The monoisotopic (exact) mass is 345 g/mol. The lowest BCUT2D eigenvalue weighted by Crippen LogP contribution is -2.45. The first-order chi connectivity index (χ1) is 12.0. The highest BCUT2D eigenvalue weighted by Crippen LogP contribution is 2.29. The van der Waals surface area contributed by atoms with Gasteiger partial charge < -0.3 is 14.8 Å². The fraction of sp³-hybridized carbons (Fsp3) is 0.500. The predicted octanol–water partition coefficient (Wildman–Crippen LogP) is 3.19. The molecule has 0 aliphatic heterocycles. The molecule has 1 amide bonds. The normalized spacial score (nSPS) is 23.2. The number of nitrogens with one attached hydrogen (secondary N) is 1. The lowest BCUT2D eigenvalue weighted by atomic mass is 9.78. The second-order valence-corrected chi connectivity index (χ2v) is 6.62. The van der Waals surface area contributed by atoms with Crippen LogP contribution in [0.2, 0.25) is 0 Å². The van der Waals surface area contributed by atoms with Crippen molar-refractivity contribution in [3.63, 3.8) is 0 Å². The van der Waals surface area contributed by atoms with Crippen molar-refractivity contribution < 1.29 is 19.1 Å². The molecule has 2 rings (SSSR count). The molecule has 3 atom stereocenters. The molecular formula is C20H27NO4. The van der Waals surface area contributed by atoms with Crippen molar-refractivity contribution in [1.82, 2.24) is 5.32 Å². The molecule has 1 saturated carbocycles. The van der Waals surface area contributed by atoms with E-state index in [9.17, 15) is 9.59 Å². The Labute approximate surface area is 149 Å². The lowest BCUT2D eigenvalue weighted by Gasteiger charge is -2.34. The van der Waals surface area contributed by atoms with Crippen molar-refractivity contribution in [1.29, 1.82) is 0 Å². The van der Waals surface area contributed by atoms with Crippen LogP contribution in [0, 0.1) is 11.8 Å². The Balaban J connectivity index is 1.79. The van der Waals surface area contributed by atoms with Crippen molar-refractivity contribution in [2.24, 2.45) is 11.8 Å². The van der Waals surface area contributed by atoms with Crippen LogP contribution < -0.4 is 10.1 Å². The van der Waals surface area contributed by atoms with Crippen LogP contribution in [0.5, 0.6) is 5.75 Å². The van der Waals surface area contributed by atoms with Gasteiger partial charge in [0.05, 0.1) is 7.11 Å². The van der Waals surface area contributed by atoms with Crippen LogP contribution in [-0.4, -0.2) is 31.6 Å². The second-order valence-electron chi connectivity index (χ2n) is 6.62. The van der Waals surface area contributed by atoms with E-state index < -0.39 is 5.97 Å². The number of rotatable bonds is 6. The number of carbonyl (C=O) groups excluding carboxylic acids is 2. The molecule has 1 aromatic rings. The minimum absolute atomic E-state index is 0.166. The number of carbonyl (C=O) groups is 2. The van der Waals surface area contributed by atoms with Crippen molar-refractivity contribution in [3.05, 3.63) is 35.9 Å². The first kappa shape index (κ1) is 19.0. The van der Waals surface area contributed by atoms with Crippen molar-refractivity contribution in [3.8, 4) is 5.75 Å². The zero-order valence-electron chi connectivity index (χ0n) is 15.2. The molecule has 0 aromatic heterocycles. The smallest absolute Gasteiger partial charge is 0.331 e. The van der Waals surface area contributed by atoms with Crippen LogP contribution in [-0.2, 0) is 14.3 Å². The van der Waals surface area contributed by atoms with Gasteiger partial charge in [0.2, 0.25) is 0 Å². The second kappa shape index (κ2) is 9.25. The lowest BCUT2D eigenvalue weighted by molar-refractivity contribution is -0.144. The molecule has 1 aliphatic carbocycles. The van der Waals surface area contributed by atoms with Crippen LogP contribution >= 0.6 is 0 Å². The van der Waals surface area contributed by atoms with Crippen LogP contribution in [0.15, 0.2) is 30.3 Å². The minimum atomic E-state index is -0.550. The quantitative estimate of drug-likeness (QED) is 0.635. The molecule has 0 unspecified atom stereocenters. The van der Waals surface area contributed by atoms with E-state index in [4.69, 9.17) is 9.47 Å². The highest BCUT2D eigenvalue weighted by Gasteiger charge is 2.28. The van der Waals surface area contributed by atoms with E-state index in [0.29, 0.717) is 17.6 Å². The fourth-order valence-electron chi connectivity index (χ4n) is 3.18. The Hall–Kier alpha value is -2.30. The first-order valence-corrected chi connectivity index (χ1v) is 8.78. The summed E-state index contributed by atoms with van der Waals surface area (Å²) in [5, 5.41) is 2.99. The number of benzene rings is 1. The van der Waals surface area contributed by atoms with Gasteiger partial charge in [-0.25, -0.2) is 4.79 Å². The van der Waals surface area contributed by atoms with Crippen molar-refractivity contribution in [2.45, 2.75) is 39.2 Å². The van der Waals surface area contributed by atoms with Gasteiger partial charge in [-0.15, -0.1) is 0 Å². The Bertz CT molecular complexity index is 626. The van der Waals surface area contributed by atoms with Gasteiger partial charge in [-0.3, -0.25) is 4.79 Å². The molecule has 25 heavy (non-hydrogen) atoms. The van der Waals surface area contributed by atoms with Gasteiger partial charge in [0.15, 0.2) is 6.61 Å². The van der Waals surface area contributed by atoms with Gasteiger partial charge in [0.25, 0.3) is 5.91 Å². The van der Waals surface area contributed by atoms with Gasteiger partial charge in [-0.05, 0) is 30.4 Å². The SMILES string of the molecule is COc1ccccc1/C=C/C(=O)OCC(=O)N[C@H]1CCC[C@@H](C)[C@H]1C. The zero-order chi connectivity index (χ0) is 18.2. The van der Waals surface area contributed by atoms with E-state index >= 15 is 0 Å². The third-order valence-electron chi connectivity index (χ3n) is 4.94. The molecule has 1 fully saturated rings. The predicted molar refractivity (Wildman–Crippen MR) is 97.1 cm³/mol. The summed E-state index contributed by atoms with van der Waals surface area (Å²) < 4.78 is 10.2. The largest absolute Gasteiger partial charge is 0.496 e. The highest BCUT2D eigenvalue weighted by atomic mass is 16.5. The number of hydrogen-bond acceptors (Lipinski definition) is 4. The van der Waals surface area contributed by atoms with E-state index in [0.717, 1.165) is 18.4 Å². The Morgan fingerprint density at radius 3 is 2.76 bits per heavy atom. The topological polar surface area (TPSA) is 64.6 Å². The minimum Gasteiger partial charge on any atom is -0.496 e. The Morgan fingerprint density at radius 2 is 2.00 bits per heavy atom. The third kappa shape index (κ3) is 5.62. The van der Waals surface area contributed by atoms with Crippen LogP contribution in [0.25, 0.3) is 6.08 Å².